The highest BCUT2D eigenvalue weighted by Gasteiger charge is 2.47. The van der Waals surface area contributed by atoms with Gasteiger partial charge in [-0.1, -0.05) is 165 Å². The van der Waals surface area contributed by atoms with E-state index in [4.69, 9.17) is 42.2 Å². The fraction of sp³-hybridized carbons (Fsp3) is 0.346. The average Bonchev–Trinajstić information content (AvgIpc) is 3.67. The van der Waals surface area contributed by atoms with Crippen LogP contribution in [0.3, 0.4) is 0 Å². The predicted molar refractivity (Wildman–Crippen MR) is 243 cm³/mol. The van der Waals surface area contributed by atoms with E-state index in [1.165, 1.54) is 5.39 Å². The summed E-state index contributed by atoms with van der Waals surface area (Å²) in [5, 5.41) is 2.35. The molecule has 1 heterocycles. The van der Waals surface area contributed by atoms with Gasteiger partial charge in [0.05, 0.1) is 52.4 Å². The smallest absolute Gasteiger partial charge is 0.186 e. The van der Waals surface area contributed by atoms with Crippen LogP contribution in [0.4, 0.5) is 0 Å². The van der Waals surface area contributed by atoms with E-state index in [0.29, 0.717) is 39.5 Å². The van der Waals surface area contributed by atoms with Crippen molar-refractivity contribution in [2.24, 2.45) is 0 Å². The fourth-order valence-corrected chi connectivity index (χ4v) is 8.52. The van der Waals surface area contributed by atoms with E-state index in [1.54, 1.807) is 7.11 Å². The van der Waals surface area contributed by atoms with Crippen molar-refractivity contribution >= 4 is 19.1 Å². The Morgan fingerprint density at radius 3 is 1.61 bits per heavy atom. The van der Waals surface area contributed by atoms with E-state index >= 15 is 0 Å². The Labute approximate surface area is 368 Å². The lowest BCUT2D eigenvalue weighted by Gasteiger charge is -2.34. The summed E-state index contributed by atoms with van der Waals surface area (Å²) >= 11 is 0. The molecule has 6 aromatic rings. The van der Waals surface area contributed by atoms with Crippen LogP contribution in [-0.2, 0) is 75.2 Å². The molecule has 1 fully saturated rings. The van der Waals surface area contributed by atoms with Crippen molar-refractivity contribution in [2.75, 3.05) is 27.0 Å². The van der Waals surface area contributed by atoms with E-state index in [9.17, 15) is 0 Å². The quantitative estimate of drug-likeness (QED) is 0.0523. The van der Waals surface area contributed by atoms with Gasteiger partial charge in [0.25, 0.3) is 0 Å². The molecule has 8 atom stereocenters. The Morgan fingerprint density at radius 1 is 0.532 bits per heavy atom. The van der Waals surface area contributed by atoms with Crippen molar-refractivity contribution in [1.29, 1.82) is 0 Å². The molecule has 5 unspecified atom stereocenters. The number of methoxy groups -OCH3 is 1. The largest absolute Gasteiger partial charge is 0.374 e. The Hall–Kier alpha value is -4.35. The fourth-order valence-electron chi connectivity index (χ4n) is 7.53. The molecular weight excluding hydrogens is 800 g/mol. The van der Waals surface area contributed by atoms with Crippen molar-refractivity contribution in [3.8, 4) is 0 Å². The molecule has 326 valence electrons. The van der Waals surface area contributed by atoms with Crippen LogP contribution in [-0.4, -0.2) is 69.9 Å². The average molecular weight is 859 g/mol. The van der Waals surface area contributed by atoms with Gasteiger partial charge in [-0.05, 0) is 51.1 Å². The highest BCUT2D eigenvalue weighted by molar-refractivity contribution is 7.46. The molecule has 0 saturated carbocycles. The van der Waals surface area contributed by atoms with Crippen LogP contribution in [0.25, 0.3) is 10.8 Å². The SMILES string of the molecule is CC[C@H]1O[C@@H](OCC(OCc2ccccc2)C(OCc2ccccc2)C(COCc2ccc3ccccc3c2)OCc2ccccc2)[C@@H](OC)C1OP(C)OCc1ccccc1. The zero-order valence-electron chi connectivity index (χ0n) is 35.9. The molecule has 0 bridgehead atoms. The van der Waals surface area contributed by atoms with Crippen molar-refractivity contribution < 1.29 is 42.2 Å². The summed E-state index contributed by atoms with van der Waals surface area (Å²) in [5.74, 6) is 0. The molecule has 10 heteroatoms. The lowest BCUT2D eigenvalue weighted by Crippen LogP contribution is -2.48. The van der Waals surface area contributed by atoms with Crippen LogP contribution in [0.5, 0.6) is 0 Å². The van der Waals surface area contributed by atoms with Crippen LogP contribution < -0.4 is 0 Å². The van der Waals surface area contributed by atoms with E-state index in [2.05, 4.69) is 73.7 Å². The first-order chi connectivity index (χ1) is 30.6. The summed E-state index contributed by atoms with van der Waals surface area (Å²) in [5.41, 5.74) is 5.23. The molecule has 1 aliphatic rings. The van der Waals surface area contributed by atoms with Crippen LogP contribution in [0, 0.1) is 0 Å². The van der Waals surface area contributed by atoms with Gasteiger partial charge < -0.3 is 42.2 Å². The topological polar surface area (TPSA) is 83.1 Å². The van der Waals surface area contributed by atoms with Gasteiger partial charge in [0.2, 0.25) is 0 Å². The lowest BCUT2D eigenvalue weighted by atomic mass is 10.1. The maximum Gasteiger partial charge on any atom is 0.186 e. The molecular formula is C52H59O9P. The van der Waals surface area contributed by atoms with Gasteiger partial charge in [0.15, 0.2) is 14.7 Å². The zero-order chi connectivity index (χ0) is 42.8. The van der Waals surface area contributed by atoms with Crippen LogP contribution in [0.15, 0.2) is 164 Å². The van der Waals surface area contributed by atoms with Gasteiger partial charge in [-0.15, -0.1) is 0 Å². The van der Waals surface area contributed by atoms with Crippen LogP contribution >= 0.6 is 8.38 Å². The maximum atomic E-state index is 6.92. The molecule has 0 N–H and O–H groups in total. The van der Waals surface area contributed by atoms with Crippen molar-refractivity contribution in [1.82, 2.24) is 0 Å². The first-order valence-corrected chi connectivity index (χ1v) is 23.1. The molecule has 0 amide bonds. The van der Waals surface area contributed by atoms with Gasteiger partial charge in [-0.3, -0.25) is 0 Å². The first kappa shape index (κ1) is 45.7. The molecule has 1 saturated heterocycles. The molecule has 9 nitrogen and oxygen atoms in total. The zero-order valence-corrected chi connectivity index (χ0v) is 36.8. The minimum atomic E-state index is -1.24. The van der Waals surface area contributed by atoms with Crippen LogP contribution in [0.1, 0.15) is 41.2 Å². The van der Waals surface area contributed by atoms with Gasteiger partial charge in [-0.25, -0.2) is 0 Å². The Kier molecular flexibility index (Phi) is 18.0. The highest BCUT2D eigenvalue weighted by Crippen LogP contribution is 2.42. The minimum absolute atomic E-state index is 0.112. The Balaban J connectivity index is 1.13. The van der Waals surface area contributed by atoms with Gasteiger partial charge in [-0.2, -0.15) is 0 Å². The van der Waals surface area contributed by atoms with Gasteiger partial charge >= 0.3 is 0 Å². The first-order valence-electron chi connectivity index (χ1n) is 21.5. The number of rotatable bonds is 25. The number of hydrogen-bond donors (Lipinski definition) is 0. The molecule has 0 radical (unpaired) electrons. The summed E-state index contributed by atoms with van der Waals surface area (Å²) < 4.78 is 59.2. The second-order valence-corrected chi connectivity index (χ2v) is 16.7. The standard InChI is InChI=1S/C52H59O9P/c1-4-46-50(61-62(3)59-36-42-25-15-8-16-26-42)51(53-2)52(60-46)58-38-48(56-34-40-21-11-6-12-22-40)49(57-35-41-23-13-7-14-24-41)47(55-33-39-19-9-5-10-20-39)37-54-32-43-29-30-44-27-17-18-28-45(44)31-43/h5-31,46-52H,4,32-38H2,1-3H3/t46-,47?,48?,49?,50?,51+,52-,62?/m1/s1. The molecule has 0 aromatic heterocycles. The van der Waals surface area contributed by atoms with Crippen LogP contribution in [0.2, 0.25) is 0 Å². The molecule has 6 aromatic carbocycles. The number of benzene rings is 6. The summed E-state index contributed by atoms with van der Waals surface area (Å²) in [7, 11) is 0.419. The molecule has 1 aliphatic heterocycles. The second kappa shape index (κ2) is 24.5. The van der Waals surface area contributed by atoms with Crippen molar-refractivity contribution in [2.45, 2.75) is 89.3 Å². The second-order valence-electron chi connectivity index (χ2n) is 15.4. The van der Waals surface area contributed by atoms with E-state index in [1.807, 2.05) is 104 Å². The molecule has 7 rings (SSSR count). The van der Waals surface area contributed by atoms with Crippen molar-refractivity contribution in [3.05, 3.63) is 192 Å². The third-order valence-corrected chi connectivity index (χ3v) is 11.9. The number of ether oxygens (including phenoxy) is 7. The third kappa shape index (κ3) is 13.6. The van der Waals surface area contributed by atoms with E-state index in [-0.39, 0.29) is 19.3 Å². The summed E-state index contributed by atoms with van der Waals surface area (Å²) in [6, 6.07) is 55.2. The highest BCUT2D eigenvalue weighted by atomic mass is 31.2. The summed E-state index contributed by atoms with van der Waals surface area (Å²) in [4.78, 5) is 0. The maximum absolute atomic E-state index is 6.92. The monoisotopic (exact) mass is 858 g/mol. The van der Waals surface area contributed by atoms with E-state index < -0.39 is 45.2 Å². The lowest BCUT2D eigenvalue weighted by molar-refractivity contribution is -0.219. The molecule has 0 aliphatic carbocycles. The van der Waals surface area contributed by atoms with Crippen molar-refractivity contribution in [3.63, 3.8) is 0 Å². The predicted octanol–water partition coefficient (Wildman–Crippen LogP) is 10.8. The summed E-state index contributed by atoms with van der Waals surface area (Å²) in [6.45, 7) is 6.24. The number of hydrogen-bond acceptors (Lipinski definition) is 9. The Bertz CT molecular complexity index is 2150. The Morgan fingerprint density at radius 2 is 1.05 bits per heavy atom. The number of fused-ring (bicyclic) bond motifs is 1. The molecule has 62 heavy (non-hydrogen) atoms. The van der Waals surface area contributed by atoms with Gasteiger partial charge in [0.1, 0.15) is 30.5 Å². The molecule has 0 spiro atoms. The van der Waals surface area contributed by atoms with E-state index in [0.717, 1.165) is 33.2 Å². The van der Waals surface area contributed by atoms with Gasteiger partial charge in [0, 0.05) is 13.8 Å². The summed E-state index contributed by atoms with van der Waals surface area (Å²) in [6.07, 6.45) is -3.04. The third-order valence-electron chi connectivity index (χ3n) is 10.9. The minimum Gasteiger partial charge on any atom is -0.374 e. The normalized spacial score (nSPS) is 19.6.